The van der Waals surface area contributed by atoms with E-state index in [4.69, 9.17) is 4.74 Å². The Morgan fingerprint density at radius 1 is 1.50 bits per heavy atom. The second-order valence-corrected chi connectivity index (χ2v) is 5.89. The van der Waals surface area contributed by atoms with E-state index in [1.807, 2.05) is 0 Å². The molecule has 0 unspecified atom stereocenters. The molecule has 1 heterocycles. The van der Waals surface area contributed by atoms with E-state index in [1.54, 1.807) is 6.07 Å². The predicted molar refractivity (Wildman–Crippen MR) is 75.8 cm³/mol. The summed E-state index contributed by atoms with van der Waals surface area (Å²) in [5.41, 5.74) is -0.298. The Hall–Kier alpha value is -1.51. The molecule has 1 aromatic heterocycles. The maximum Gasteiger partial charge on any atom is 0.323 e. The molecule has 0 aliphatic carbocycles. The highest BCUT2D eigenvalue weighted by molar-refractivity contribution is 9.10. The van der Waals surface area contributed by atoms with Crippen molar-refractivity contribution in [1.29, 1.82) is 0 Å². The lowest BCUT2D eigenvalue weighted by atomic mass is 10.3. The summed E-state index contributed by atoms with van der Waals surface area (Å²) in [5.74, 6) is -0.754. The highest BCUT2D eigenvalue weighted by atomic mass is 79.9. The Balaban J connectivity index is 2.39. The second kappa shape index (κ2) is 5.86. The number of nitrogens with zero attached hydrogens (tertiary/aromatic N) is 1. The van der Waals surface area contributed by atoms with Gasteiger partial charge in [0.15, 0.2) is 11.6 Å². The smallest absolute Gasteiger partial charge is 0.323 e. The third kappa shape index (κ3) is 3.14. The number of hydrogen-bond donors (Lipinski definition) is 1. The maximum absolute atomic E-state index is 13.7. The highest BCUT2D eigenvalue weighted by Gasteiger charge is 2.23. The molecule has 2 rings (SSSR count). The van der Waals surface area contributed by atoms with Crippen LogP contribution in [0.5, 0.6) is 10.8 Å². The van der Waals surface area contributed by atoms with Crippen LogP contribution in [0.3, 0.4) is 0 Å². The van der Waals surface area contributed by atoms with Crippen LogP contribution in [0.2, 0.25) is 0 Å². The minimum absolute atomic E-state index is 0.0628. The second-order valence-electron chi connectivity index (χ2n) is 3.93. The number of rotatable bonds is 4. The van der Waals surface area contributed by atoms with Crippen LogP contribution in [0.25, 0.3) is 0 Å². The van der Waals surface area contributed by atoms with E-state index in [1.165, 1.54) is 25.1 Å². The van der Waals surface area contributed by atoms with Crippen molar-refractivity contribution in [2.24, 2.45) is 0 Å². The van der Waals surface area contributed by atoms with Gasteiger partial charge < -0.3 is 9.84 Å². The average Bonchev–Trinajstić information content (AvgIpc) is 2.77. The monoisotopic (exact) mass is 361 g/mol. The van der Waals surface area contributed by atoms with Gasteiger partial charge in [0.1, 0.15) is 0 Å². The molecule has 8 heteroatoms. The summed E-state index contributed by atoms with van der Waals surface area (Å²) < 4.78 is 19.5. The molecule has 0 amide bonds. The molecule has 1 atom stereocenters. The fraction of sp³-hybridized carbons (Fsp3) is 0.167. The minimum Gasteiger partial charge on any atom is -0.437 e. The van der Waals surface area contributed by atoms with Crippen molar-refractivity contribution in [2.75, 3.05) is 0 Å². The van der Waals surface area contributed by atoms with Gasteiger partial charge in [0.25, 0.3) is 5.06 Å². The Morgan fingerprint density at radius 2 is 2.20 bits per heavy atom. The molecule has 1 aromatic carbocycles. The topological polar surface area (TPSA) is 72.6 Å². The van der Waals surface area contributed by atoms with Gasteiger partial charge in [0.05, 0.1) is 11.0 Å². The lowest BCUT2D eigenvalue weighted by molar-refractivity contribution is -0.385. The molecule has 20 heavy (non-hydrogen) atoms. The molecule has 0 spiro atoms. The van der Waals surface area contributed by atoms with E-state index in [9.17, 15) is 19.6 Å². The van der Waals surface area contributed by atoms with E-state index in [0.29, 0.717) is 9.35 Å². The molecule has 0 bridgehead atoms. The van der Waals surface area contributed by atoms with E-state index in [-0.39, 0.29) is 16.5 Å². The van der Waals surface area contributed by atoms with Crippen molar-refractivity contribution >= 4 is 33.0 Å². The molecule has 2 aromatic rings. The summed E-state index contributed by atoms with van der Waals surface area (Å²) in [6.07, 6.45) is -0.856. The van der Waals surface area contributed by atoms with Crippen LogP contribution in [0.4, 0.5) is 10.1 Å². The van der Waals surface area contributed by atoms with Gasteiger partial charge in [-0.05, 0) is 25.1 Å². The quantitative estimate of drug-likeness (QED) is 0.646. The van der Waals surface area contributed by atoms with Crippen molar-refractivity contribution in [2.45, 2.75) is 13.0 Å². The highest BCUT2D eigenvalue weighted by Crippen LogP contribution is 2.42. The lowest BCUT2D eigenvalue weighted by Gasteiger charge is -2.04. The Morgan fingerprint density at radius 3 is 2.75 bits per heavy atom. The first-order valence-corrected chi connectivity index (χ1v) is 7.08. The number of thiophene rings is 1. The first-order valence-electron chi connectivity index (χ1n) is 5.47. The van der Waals surface area contributed by atoms with Crippen molar-refractivity contribution in [3.05, 3.63) is 49.5 Å². The van der Waals surface area contributed by atoms with Crippen molar-refractivity contribution in [3.8, 4) is 10.8 Å². The predicted octanol–water partition coefficient (Wildman–Crippen LogP) is 4.40. The molecular weight excluding hydrogens is 353 g/mol. The summed E-state index contributed by atoms with van der Waals surface area (Å²) in [5, 5.41) is 20.3. The van der Waals surface area contributed by atoms with Crippen molar-refractivity contribution in [3.63, 3.8) is 0 Å². The van der Waals surface area contributed by atoms with Crippen LogP contribution >= 0.6 is 27.3 Å². The zero-order valence-electron chi connectivity index (χ0n) is 10.2. The third-order valence-electron chi connectivity index (χ3n) is 2.40. The van der Waals surface area contributed by atoms with Crippen LogP contribution < -0.4 is 4.74 Å². The van der Waals surface area contributed by atoms with Crippen LogP contribution in [0, 0.1) is 15.9 Å². The van der Waals surface area contributed by atoms with Gasteiger partial charge in [-0.2, -0.15) is 0 Å². The molecule has 0 fully saturated rings. The van der Waals surface area contributed by atoms with E-state index >= 15 is 0 Å². The molecule has 0 radical (unpaired) electrons. The number of halogens is 2. The minimum atomic E-state index is -0.856. The standard InChI is InChI=1S/C12H9BrFNO4S/c1-6(16)11-5-9(15(17)18)12(20-11)19-10-3-2-7(13)4-8(10)14/h2-6,16H,1H3/t6-/m0/s1. The number of ether oxygens (including phenoxy) is 1. The van der Waals surface area contributed by atoms with Crippen molar-refractivity contribution < 1.29 is 19.2 Å². The summed E-state index contributed by atoms with van der Waals surface area (Å²) in [4.78, 5) is 10.7. The van der Waals surface area contributed by atoms with Gasteiger partial charge in [-0.1, -0.05) is 27.3 Å². The Labute approximate surface area is 125 Å². The van der Waals surface area contributed by atoms with Gasteiger partial charge in [-0.25, -0.2) is 4.39 Å². The number of nitro groups is 1. The molecule has 1 N–H and O–H groups in total. The summed E-state index contributed by atoms with van der Waals surface area (Å²) in [7, 11) is 0. The first-order chi connectivity index (χ1) is 9.38. The molecule has 106 valence electrons. The normalized spacial score (nSPS) is 12.2. The van der Waals surface area contributed by atoms with E-state index in [0.717, 1.165) is 11.3 Å². The number of hydrogen-bond acceptors (Lipinski definition) is 5. The van der Waals surface area contributed by atoms with Gasteiger partial charge in [0, 0.05) is 15.4 Å². The van der Waals surface area contributed by atoms with Gasteiger partial charge in [0.2, 0.25) is 0 Å². The van der Waals surface area contributed by atoms with Crippen molar-refractivity contribution in [1.82, 2.24) is 0 Å². The van der Waals surface area contributed by atoms with Crippen LogP contribution in [0.1, 0.15) is 17.9 Å². The molecule has 0 aliphatic heterocycles. The van der Waals surface area contributed by atoms with Gasteiger partial charge in [-0.3, -0.25) is 10.1 Å². The molecule has 5 nitrogen and oxygen atoms in total. The Bertz CT molecular complexity index is 659. The summed E-state index contributed by atoms with van der Waals surface area (Å²) in [6.45, 7) is 1.49. The van der Waals surface area contributed by atoms with Gasteiger partial charge in [-0.15, -0.1) is 0 Å². The van der Waals surface area contributed by atoms with Crippen LogP contribution in [0.15, 0.2) is 28.7 Å². The maximum atomic E-state index is 13.7. The van der Waals surface area contributed by atoms with E-state index < -0.39 is 16.8 Å². The Kier molecular flexibility index (Phi) is 4.36. The largest absolute Gasteiger partial charge is 0.437 e. The number of aliphatic hydroxyl groups excluding tert-OH is 1. The molecular formula is C12H9BrFNO4S. The third-order valence-corrected chi connectivity index (χ3v) is 4.07. The molecule has 0 saturated carbocycles. The zero-order valence-corrected chi connectivity index (χ0v) is 12.6. The summed E-state index contributed by atoms with van der Waals surface area (Å²) in [6, 6.07) is 5.35. The number of aliphatic hydroxyl groups is 1. The zero-order chi connectivity index (χ0) is 14.9. The fourth-order valence-electron chi connectivity index (χ4n) is 1.45. The lowest BCUT2D eigenvalue weighted by Crippen LogP contribution is -1.91. The van der Waals surface area contributed by atoms with E-state index in [2.05, 4.69) is 15.9 Å². The van der Waals surface area contributed by atoms with Crippen LogP contribution in [-0.2, 0) is 0 Å². The number of benzene rings is 1. The average molecular weight is 362 g/mol. The molecule has 0 saturated heterocycles. The SMILES string of the molecule is C[C@H](O)c1cc([N+](=O)[O-])c(Oc2ccc(Br)cc2F)s1. The summed E-state index contributed by atoms with van der Waals surface area (Å²) >= 11 is 4.02. The fourth-order valence-corrected chi connectivity index (χ4v) is 2.70. The van der Waals surface area contributed by atoms with Crippen LogP contribution in [-0.4, -0.2) is 10.0 Å². The first kappa shape index (κ1) is 14.9. The molecule has 0 aliphatic rings. The van der Waals surface area contributed by atoms with Gasteiger partial charge >= 0.3 is 5.69 Å².